The Hall–Kier alpha value is -2.14. The SMILES string of the molecule is Cc1ccc(-c2ncco2)cc1NC(=O)CC1(O)CCCCC1. The highest BCUT2D eigenvalue weighted by molar-refractivity contribution is 5.92. The monoisotopic (exact) mass is 314 g/mol. The van der Waals surface area contributed by atoms with Crippen molar-refractivity contribution in [3.8, 4) is 11.5 Å². The first kappa shape index (κ1) is 15.7. The number of hydrogen-bond donors (Lipinski definition) is 2. The van der Waals surface area contributed by atoms with Crippen LogP contribution in [0.5, 0.6) is 0 Å². The van der Waals surface area contributed by atoms with E-state index in [0.29, 0.717) is 18.7 Å². The minimum absolute atomic E-state index is 0.148. The summed E-state index contributed by atoms with van der Waals surface area (Å²) >= 11 is 0. The molecule has 0 aliphatic heterocycles. The van der Waals surface area contributed by atoms with Crippen LogP contribution < -0.4 is 5.32 Å². The summed E-state index contributed by atoms with van der Waals surface area (Å²) in [5.74, 6) is 0.369. The first-order valence-corrected chi connectivity index (χ1v) is 8.08. The molecule has 0 unspecified atom stereocenters. The van der Waals surface area contributed by atoms with E-state index in [2.05, 4.69) is 10.3 Å². The lowest BCUT2D eigenvalue weighted by atomic mass is 9.82. The lowest BCUT2D eigenvalue weighted by Gasteiger charge is -2.31. The van der Waals surface area contributed by atoms with Gasteiger partial charge in [0, 0.05) is 11.3 Å². The number of amides is 1. The highest BCUT2D eigenvalue weighted by atomic mass is 16.3. The van der Waals surface area contributed by atoms with Gasteiger partial charge in [0.15, 0.2) is 0 Å². The van der Waals surface area contributed by atoms with Gasteiger partial charge < -0.3 is 14.8 Å². The number of nitrogens with zero attached hydrogens (tertiary/aromatic N) is 1. The molecule has 3 rings (SSSR count). The smallest absolute Gasteiger partial charge is 0.227 e. The van der Waals surface area contributed by atoms with E-state index < -0.39 is 5.60 Å². The Morgan fingerprint density at radius 2 is 2.13 bits per heavy atom. The molecular formula is C18H22N2O3. The average Bonchev–Trinajstić information content (AvgIpc) is 3.04. The maximum Gasteiger partial charge on any atom is 0.227 e. The fourth-order valence-corrected chi connectivity index (χ4v) is 3.14. The van der Waals surface area contributed by atoms with Crippen molar-refractivity contribution < 1.29 is 14.3 Å². The third-order valence-corrected chi connectivity index (χ3v) is 4.46. The Morgan fingerprint density at radius 3 is 2.83 bits per heavy atom. The minimum Gasteiger partial charge on any atom is -0.445 e. The number of carbonyl (C=O) groups excluding carboxylic acids is 1. The molecule has 2 N–H and O–H groups in total. The Bertz CT molecular complexity index is 674. The van der Waals surface area contributed by atoms with Crippen molar-refractivity contribution in [3.05, 3.63) is 36.2 Å². The van der Waals surface area contributed by atoms with Crippen LogP contribution in [-0.2, 0) is 4.79 Å². The highest BCUT2D eigenvalue weighted by Gasteiger charge is 2.31. The summed E-state index contributed by atoms with van der Waals surface area (Å²) in [4.78, 5) is 16.4. The standard InChI is InChI=1S/C18H22N2O3/c1-13-5-6-14(17-19-9-10-23-17)11-15(13)20-16(21)12-18(22)7-3-2-4-8-18/h5-6,9-11,22H,2-4,7-8,12H2,1H3,(H,20,21). The van der Waals surface area contributed by atoms with Gasteiger partial charge in [-0.05, 0) is 37.5 Å². The molecule has 1 fully saturated rings. The predicted octanol–water partition coefficient (Wildman–Crippen LogP) is 3.67. The quantitative estimate of drug-likeness (QED) is 0.903. The van der Waals surface area contributed by atoms with E-state index >= 15 is 0 Å². The number of aromatic nitrogens is 1. The fraction of sp³-hybridized carbons (Fsp3) is 0.444. The van der Waals surface area contributed by atoms with E-state index in [1.54, 1.807) is 6.20 Å². The molecule has 5 nitrogen and oxygen atoms in total. The van der Waals surface area contributed by atoms with Crippen LogP contribution >= 0.6 is 0 Å². The number of oxazole rings is 1. The largest absolute Gasteiger partial charge is 0.445 e. The third-order valence-electron chi connectivity index (χ3n) is 4.46. The second-order valence-electron chi connectivity index (χ2n) is 6.38. The molecule has 0 atom stereocenters. The van der Waals surface area contributed by atoms with Crippen LogP contribution in [-0.4, -0.2) is 21.6 Å². The molecule has 1 aromatic carbocycles. The van der Waals surface area contributed by atoms with Crippen LogP contribution in [0.25, 0.3) is 11.5 Å². The number of carbonyl (C=O) groups is 1. The third kappa shape index (κ3) is 3.79. The van der Waals surface area contributed by atoms with Crippen LogP contribution in [0.15, 0.2) is 35.1 Å². The van der Waals surface area contributed by atoms with Gasteiger partial charge in [-0.2, -0.15) is 0 Å². The van der Waals surface area contributed by atoms with Crippen molar-refractivity contribution >= 4 is 11.6 Å². The Balaban J connectivity index is 1.71. The molecule has 0 spiro atoms. The number of hydrogen-bond acceptors (Lipinski definition) is 4. The van der Waals surface area contributed by atoms with Crippen molar-refractivity contribution in [1.82, 2.24) is 4.98 Å². The molecule has 1 aliphatic carbocycles. The predicted molar refractivity (Wildman–Crippen MR) is 88.0 cm³/mol. The van der Waals surface area contributed by atoms with Crippen LogP contribution in [0.1, 0.15) is 44.1 Å². The highest BCUT2D eigenvalue weighted by Crippen LogP contribution is 2.31. The summed E-state index contributed by atoms with van der Waals surface area (Å²) in [6.07, 6.45) is 7.78. The van der Waals surface area contributed by atoms with Gasteiger partial charge >= 0.3 is 0 Å². The van der Waals surface area contributed by atoms with Crippen molar-refractivity contribution in [2.45, 2.75) is 51.0 Å². The second-order valence-corrected chi connectivity index (χ2v) is 6.38. The molecule has 0 bridgehead atoms. The Morgan fingerprint density at radius 1 is 1.35 bits per heavy atom. The van der Waals surface area contributed by atoms with Crippen molar-refractivity contribution in [2.75, 3.05) is 5.32 Å². The fourth-order valence-electron chi connectivity index (χ4n) is 3.14. The van der Waals surface area contributed by atoms with Gasteiger partial charge in [0.1, 0.15) is 6.26 Å². The van der Waals surface area contributed by atoms with Gasteiger partial charge in [-0.25, -0.2) is 4.98 Å². The Kier molecular flexibility index (Phi) is 4.48. The second kappa shape index (κ2) is 6.54. The lowest BCUT2D eigenvalue weighted by molar-refractivity contribution is -0.122. The molecule has 0 saturated heterocycles. The van der Waals surface area contributed by atoms with Gasteiger partial charge in [0.2, 0.25) is 11.8 Å². The molecule has 2 aromatic rings. The topological polar surface area (TPSA) is 75.4 Å². The number of benzene rings is 1. The molecule has 1 saturated carbocycles. The van der Waals surface area contributed by atoms with Crippen LogP contribution in [0.3, 0.4) is 0 Å². The van der Waals surface area contributed by atoms with E-state index in [0.717, 1.165) is 36.1 Å². The lowest BCUT2D eigenvalue weighted by Crippen LogP contribution is -2.36. The molecule has 1 amide bonds. The summed E-state index contributed by atoms with van der Waals surface area (Å²) in [5, 5.41) is 13.4. The van der Waals surface area contributed by atoms with E-state index in [1.807, 2.05) is 25.1 Å². The van der Waals surface area contributed by atoms with Crippen LogP contribution in [0, 0.1) is 6.92 Å². The first-order valence-electron chi connectivity index (χ1n) is 8.08. The van der Waals surface area contributed by atoms with Gasteiger partial charge in [-0.3, -0.25) is 4.79 Å². The summed E-state index contributed by atoms with van der Waals surface area (Å²) in [6, 6.07) is 5.68. The van der Waals surface area contributed by atoms with E-state index in [1.165, 1.54) is 6.26 Å². The van der Waals surface area contributed by atoms with Gasteiger partial charge in [-0.1, -0.05) is 25.3 Å². The normalized spacial score (nSPS) is 17.0. The molecule has 23 heavy (non-hydrogen) atoms. The average molecular weight is 314 g/mol. The van der Waals surface area contributed by atoms with Crippen molar-refractivity contribution in [3.63, 3.8) is 0 Å². The number of nitrogens with one attached hydrogen (secondary N) is 1. The zero-order valence-electron chi connectivity index (χ0n) is 13.3. The van der Waals surface area contributed by atoms with Gasteiger partial charge in [0.05, 0.1) is 18.2 Å². The minimum atomic E-state index is -0.851. The van der Waals surface area contributed by atoms with E-state index in [4.69, 9.17) is 4.42 Å². The number of aliphatic hydroxyl groups is 1. The number of aryl methyl sites for hydroxylation is 1. The summed E-state index contributed by atoms with van der Waals surface area (Å²) in [6.45, 7) is 1.93. The van der Waals surface area contributed by atoms with Crippen molar-refractivity contribution in [1.29, 1.82) is 0 Å². The first-order chi connectivity index (χ1) is 11.1. The molecular weight excluding hydrogens is 292 g/mol. The molecule has 1 heterocycles. The molecule has 1 aromatic heterocycles. The number of rotatable bonds is 4. The van der Waals surface area contributed by atoms with E-state index in [-0.39, 0.29) is 12.3 Å². The molecule has 5 heteroatoms. The maximum absolute atomic E-state index is 12.3. The van der Waals surface area contributed by atoms with E-state index in [9.17, 15) is 9.90 Å². The van der Waals surface area contributed by atoms with Gasteiger partial charge in [-0.15, -0.1) is 0 Å². The maximum atomic E-state index is 12.3. The summed E-state index contributed by atoms with van der Waals surface area (Å²) in [7, 11) is 0. The zero-order chi connectivity index (χ0) is 16.3. The van der Waals surface area contributed by atoms with Crippen LogP contribution in [0.2, 0.25) is 0 Å². The van der Waals surface area contributed by atoms with Gasteiger partial charge in [0.25, 0.3) is 0 Å². The Labute approximate surface area is 135 Å². The molecule has 122 valence electrons. The van der Waals surface area contributed by atoms with Crippen molar-refractivity contribution in [2.24, 2.45) is 0 Å². The molecule has 1 aliphatic rings. The summed E-state index contributed by atoms with van der Waals surface area (Å²) in [5.41, 5.74) is 1.65. The number of anilines is 1. The van der Waals surface area contributed by atoms with Crippen LogP contribution in [0.4, 0.5) is 5.69 Å². The molecule has 0 radical (unpaired) electrons. The summed E-state index contributed by atoms with van der Waals surface area (Å²) < 4.78 is 5.29. The zero-order valence-corrected chi connectivity index (χ0v) is 13.3.